The smallest absolute Gasteiger partial charge is 0.204 e. The van der Waals surface area contributed by atoms with Gasteiger partial charge in [-0.25, -0.2) is 0 Å². The second-order valence-electron chi connectivity index (χ2n) is 4.62. The van der Waals surface area contributed by atoms with Crippen molar-refractivity contribution in [2.45, 2.75) is 6.92 Å². The molecule has 2 aromatic carbocycles. The Labute approximate surface area is 116 Å². The molecule has 0 atom stereocenters. The summed E-state index contributed by atoms with van der Waals surface area (Å²) < 4.78 is 10.9. The summed E-state index contributed by atoms with van der Waals surface area (Å²) in [5, 5.41) is 0.825. The average Bonchev–Trinajstić information content (AvgIpc) is 2.90. The van der Waals surface area contributed by atoms with Gasteiger partial charge in [0.1, 0.15) is 17.6 Å². The number of ketones is 1. The van der Waals surface area contributed by atoms with Crippen molar-refractivity contribution < 1.29 is 13.9 Å². The maximum absolute atomic E-state index is 12.2. The Balaban J connectivity index is 1.79. The Bertz CT molecular complexity index is 756. The molecule has 3 nitrogen and oxygen atoms in total. The quantitative estimate of drug-likeness (QED) is 0.670. The Morgan fingerprint density at radius 3 is 2.70 bits per heavy atom. The minimum Gasteiger partial charge on any atom is -0.485 e. The van der Waals surface area contributed by atoms with Crippen LogP contribution < -0.4 is 4.74 Å². The number of carbonyl (C=O) groups is 1. The number of hydrogen-bond donors (Lipinski definition) is 0. The lowest BCUT2D eigenvalue weighted by molar-refractivity contribution is 0.0922. The molecule has 0 saturated heterocycles. The minimum absolute atomic E-state index is 0.00831. The first-order valence-corrected chi connectivity index (χ1v) is 6.43. The molecule has 3 heteroatoms. The van der Waals surface area contributed by atoms with Gasteiger partial charge in [0.2, 0.25) is 5.78 Å². The number of carbonyl (C=O) groups excluding carboxylic acids is 1. The molecule has 20 heavy (non-hydrogen) atoms. The number of furan rings is 1. The Morgan fingerprint density at radius 2 is 1.85 bits per heavy atom. The van der Waals surface area contributed by atoms with Gasteiger partial charge >= 0.3 is 0 Å². The monoisotopic (exact) mass is 266 g/mol. The van der Waals surface area contributed by atoms with Crippen LogP contribution in [0, 0.1) is 6.92 Å². The first kappa shape index (κ1) is 12.5. The van der Waals surface area contributed by atoms with Gasteiger partial charge in [-0.1, -0.05) is 36.4 Å². The summed E-state index contributed by atoms with van der Waals surface area (Å²) in [7, 11) is 0. The van der Waals surface area contributed by atoms with Crippen molar-refractivity contribution in [3.63, 3.8) is 0 Å². The number of fused-ring (bicyclic) bond motifs is 1. The highest BCUT2D eigenvalue weighted by Gasteiger charge is 2.14. The third-order valence-corrected chi connectivity index (χ3v) is 3.23. The molecule has 0 spiro atoms. The molecule has 0 fully saturated rings. The van der Waals surface area contributed by atoms with Crippen LogP contribution in [0.1, 0.15) is 15.9 Å². The molecule has 0 radical (unpaired) electrons. The van der Waals surface area contributed by atoms with E-state index in [1.807, 2.05) is 55.5 Å². The van der Waals surface area contributed by atoms with Crippen LogP contribution in [0.5, 0.6) is 5.75 Å². The Morgan fingerprint density at radius 1 is 1.10 bits per heavy atom. The number of hydrogen-bond acceptors (Lipinski definition) is 3. The SMILES string of the molecule is Cc1ccccc1OCC(=O)c1coc2ccccc12. The Kier molecular flexibility index (Phi) is 3.25. The zero-order valence-electron chi connectivity index (χ0n) is 11.1. The summed E-state index contributed by atoms with van der Waals surface area (Å²) in [6.07, 6.45) is 1.49. The topological polar surface area (TPSA) is 39.4 Å². The van der Waals surface area contributed by atoms with E-state index in [9.17, 15) is 4.79 Å². The van der Waals surface area contributed by atoms with E-state index >= 15 is 0 Å². The lowest BCUT2D eigenvalue weighted by Crippen LogP contribution is -2.11. The number of ether oxygens (including phenoxy) is 1. The van der Waals surface area contributed by atoms with Crippen molar-refractivity contribution in [1.29, 1.82) is 0 Å². The van der Waals surface area contributed by atoms with Gasteiger partial charge in [0.25, 0.3) is 0 Å². The molecule has 3 rings (SSSR count). The van der Waals surface area contributed by atoms with E-state index in [1.165, 1.54) is 6.26 Å². The average molecular weight is 266 g/mol. The van der Waals surface area contributed by atoms with Gasteiger partial charge in [0, 0.05) is 5.39 Å². The maximum Gasteiger partial charge on any atom is 0.204 e. The highest BCUT2D eigenvalue weighted by atomic mass is 16.5. The van der Waals surface area contributed by atoms with Crippen molar-refractivity contribution in [3.8, 4) is 5.75 Å². The van der Waals surface area contributed by atoms with Gasteiger partial charge in [-0.05, 0) is 24.6 Å². The maximum atomic E-state index is 12.2. The second kappa shape index (κ2) is 5.21. The molecule has 0 unspecified atom stereocenters. The molecule has 0 aliphatic carbocycles. The Hall–Kier alpha value is -2.55. The molecule has 0 aliphatic rings. The van der Waals surface area contributed by atoms with Gasteiger partial charge in [-0.2, -0.15) is 0 Å². The summed E-state index contributed by atoms with van der Waals surface area (Å²) in [4.78, 5) is 12.2. The van der Waals surface area contributed by atoms with Crippen LogP contribution in [0.3, 0.4) is 0 Å². The fraction of sp³-hybridized carbons (Fsp3) is 0.118. The van der Waals surface area contributed by atoms with Crippen LogP contribution in [0.25, 0.3) is 11.0 Å². The van der Waals surface area contributed by atoms with Gasteiger partial charge in [-0.3, -0.25) is 4.79 Å². The zero-order valence-corrected chi connectivity index (χ0v) is 11.1. The minimum atomic E-state index is -0.0850. The van der Waals surface area contributed by atoms with Crippen LogP contribution in [0.15, 0.2) is 59.2 Å². The van der Waals surface area contributed by atoms with Gasteiger partial charge in [-0.15, -0.1) is 0 Å². The molecular formula is C17H14O3. The molecule has 0 aliphatic heterocycles. The largest absolute Gasteiger partial charge is 0.485 e. The van der Waals surface area contributed by atoms with Crippen LogP contribution in [0.2, 0.25) is 0 Å². The highest BCUT2D eigenvalue weighted by molar-refractivity contribution is 6.07. The van der Waals surface area contributed by atoms with Crippen LogP contribution in [0.4, 0.5) is 0 Å². The summed E-state index contributed by atoms with van der Waals surface area (Å²) in [5.41, 5.74) is 2.29. The molecule has 1 heterocycles. The van der Waals surface area contributed by atoms with Crippen LogP contribution >= 0.6 is 0 Å². The molecule has 0 N–H and O–H groups in total. The van der Waals surface area contributed by atoms with Crippen molar-refractivity contribution in [2.24, 2.45) is 0 Å². The van der Waals surface area contributed by atoms with E-state index in [0.717, 1.165) is 16.7 Å². The van der Waals surface area contributed by atoms with Gasteiger partial charge < -0.3 is 9.15 Å². The summed E-state index contributed by atoms with van der Waals surface area (Å²) >= 11 is 0. The van der Waals surface area contributed by atoms with E-state index in [4.69, 9.17) is 9.15 Å². The lowest BCUT2D eigenvalue weighted by Gasteiger charge is -2.07. The number of para-hydroxylation sites is 2. The summed E-state index contributed by atoms with van der Waals surface area (Å²) in [6.45, 7) is 1.96. The van der Waals surface area contributed by atoms with Gasteiger partial charge in [0.05, 0.1) is 5.56 Å². The molecular weight excluding hydrogens is 252 g/mol. The molecule has 0 saturated carbocycles. The number of aryl methyl sites for hydroxylation is 1. The van der Waals surface area contributed by atoms with E-state index in [2.05, 4.69) is 0 Å². The first-order valence-electron chi connectivity index (χ1n) is 6.43. The van der Waals surface area contributed by atoms with E-state index in [1.54, 1.807) is 0 Å². The third kappa shape index (κ3) is 2.30. The van der Waals surface area contributed by atoms with Crippen molar-refractivity contribution in [2.75, 3.05) is 6.61 Å². The predicted molar refractivity (Wildman–Crippen MR) is 77.2 cm³/mol. The second-order valence-corrected chi connectivity index (χ2v) is 4.62. The zero-order chi connectivity index (χ0) is 13.9. The van der Waals surface area contributed by atoms with Crippen molar-refractivity contribution in [3.05, 3.63) is 65.9 Å². The van der Waals surface area contributed by atoms with Crippen LogP contribution in [-0.4, -0.2) is 12.4 Å². The van der Waals surface area contributed by atoms with Crippen molar-refractivity contribution >= 4 is 16.8 Å². The van der Waals surface area contributed by atoms with Crippen LogP contribution in [-0.2, 0) is 0 Å². The predicted octanol–water partition coefficient (Wildman–Crippen LogP) is 4.00. The number of benzene rings is 2. The summed E-state index contributed by atoms with van der Waals surface area (Å²) in [5.74, 6) is 0.645. The fourth-order valence-corrected chi connectivity index (χ4v) is 2.13. The number of Topliss-reactive ketones (excluding diaryl/α,β-unsaturated/α-hetero) is 1. The highest BCUT2D eigenvalue weighted by Crippen LogP contribution is 2.22. The summed E-state index contributed by atoms with van der Waals surface area (Å²) in [6, 6.07) is 15.1. The number of rotatable bonds is 4. The standard InChI is InChI=1S/C17H14O3/c1-12-6-2-4-8-16(12)20-11-15(18)14-10-19-17-9-5-3-7-13(14)17/h2-10H,11H2,1H3. The molecule has 0 bridgehead atoms. The first-order chi connectivity index (χ1) is 9.75. The molecule has 100 valence electrons. The molecule has 0 amide bonds. The van der Waals surface area contributed by atoms with E-state index in [0.29, 0.717) is 11.1 Å². The molecule has 1 aromatic heterocycles. The normalized spacial score (nSPS) is 10.7. The van der Waals surface area contributed by atoms with E-state index < -0.39 is 0 Å². The fourth-order valence-electron chi connectivity index (χ4n) is 2.13. The van der Waals surface area contributed by atoms with Gasteiger partial charge in [0.15, 0.2) is 6.61 Å². The lowest BCUT2D eigenvalue weighted by atomic mass is 10.1. The van der Waals surface area contributed by atoms with Crippen molar-refractivity contribution in [1.82, 2.24) is 0 Å². The third-order valence-electron chi connectivity index (χ3n) is 3.23. The van der Waals surface area contributed by atoms with E-state index in [-0.39, 0.29) is 12.4 Å². The molecule has 3 aromatic rings.